The van der Waals surface area contributed by atoms with Crippen LogP contribution in [0.25, 0.3) is 5.65 Å². The first kappa shape index (κ1) is 17.2. The van der Waals surface area contributed by atoms with Crippen molar-refractivity contribution in [3.05, 3.63) is 82.4 Å². The Hall–Kier alpha value is -3.26. The van der Waals surface area contributed by atoms with Gasteiger partial charge in [0.1, 0.15) is 5.76 Å². The van der Waals surface area contributed by atoms with Gasteiger partial charge in [-0.3, -0.25) is 9.59 Å². The highest BCUT2D eigenvalue weighted by Gasteiger charge is 2.09. The summed E-state index contributed by atoms with van der Waals surface area (Å²) < 4.78 is 11.5. The second-order valence-corrected chi connectivity index (χ2v) is 6.88. The lowest BCUT2D eigenvalue weighted by Gasteiger charge is -2.05. The van der Waals surface area contributed by atoms with Gasteiger partial charge in [0.15, 0.2) is 11.4 Å². The summed E-state index contributed by atoms with van der Waals surface area (Å²) in [6.07, 6.45) is 1.46. The van der Waals surface area contributed by atoms with Crippen LogP contribution in [-0.2, 0) is 5.75 Å². The van der Waals surface area contributed by atoms with Crippen LogP contribution in [0.5, 0.6) is 0 Å². The highest BCUT2D eigenvalue weighted by molar-refractivity contribution is 7.98. The third-order valence-corrected chi connectivity index (χ3v) is 4.81. The molecule has 0 spiro atoms. The molecule has 0 fully saturated rings. The summed E-state index contributed by atoms with van der Waals surface area (Å²) in [6, 6.07) is 13.9. The SMILES string of the molecule is Cc1cc2nc(CSc3ccc(NC(=O)c4ccco4)cc3)cc(=O)n2o1. The summed E-state index contributed by atoms with van der Waals surface area (Å²) >= 11 is 1.55. The largest absolute Gasteiger partial charge is 0.459 e. The summed E-state index contributed by atoms with van der Waals surface area (Å²) in [5.74, 6) is 1.15. The number of nitrogens with zero attached hydrogens (tertiary/aromatic N) is 2. The molecule has 1 aromatic carbocycles. The minimum atomic E-state index is -0.297. The maximum absolute atomic E-state index is 12.0. The standard InChI is InChI=1S/C19H15N3O4S/c1-12-9-17-20-14(10-18(23)22(17)26-12)11-27-15-6-4-13(5-7-15)21-19(24)16-3-2-8-25-16/h2-10H,11H2,1H3,(H,21,24). The second kappa shape index (κ2) is 7.16. The molecule has 1 amide bonds. The lowest BCUT2D eigenvalue weighted by molar-refractivity contribution is 0.0996. The Bertz CT molecular complexity index is 1140. The number of furan rings is 1. The van der Waals surface area contributed by atoms with E-state index in [4.69, 9.17) is 8.94 Å². The molecule has 0 radical (unpaired) electrons. The average Bonchev–Trinajstić information content (AvgIpc) is 3.30. The summed E-state index contributed by atoms with van der Waals surface area (Å²) in [6.45, 7) is 1.77. The first-order chi connectivity index (χ1) is 13.1. The molecule has 0 bridgehead atoms. The van der Waals surface area contributed by atoms with Gasteiger partial charge in [-0.2, -0.15) is 0 Å². The smallest absolute Gasteiger partial charge is 0.291 e. The van der Waals surface area contributed by atoms with Crippen LogP contribution in [0, 0.1) is 6.92 Å². The Morgan fingerprint density at radius 2 is 2.04 bits per heavy atom. The van der Waals surface area contributed by atoms with Crippen molar-refractivity contribution in [1.82, 2.24) is 9.56 Å². The fraction of sp³-hybridized carbons (Fsp3) is 0.105. The average molecular weight is 381 g/mol. The Morgan fingerprint density at radius 3 is 2.78 bits per heavy atom. The molecule has 0 unspecified atom stereocenters. The fourth-order valence-corrected chi connectivity index (χ4v) is 3.33. The van der Waals surface area contributed by atoms with Gasteiger partial charge in [-0.25, -0.2) is 4.98 Å². The molecular weight excluding hydrogens is 366 g/mol. The van der Waals surface area contributed by atoms with Crippen LogP contribution in [0.1, 0.15) is 22.0 Å². The number of hydrogen-bond donors (Lipinski definition) is 1. The molecule has 7 nitrogen and oxygen atoms in total. The van der Waals surface area contributed by atoms with Crippen LogP contribution in [0.2, 0.25) is 0 Å². The topological polar surface area (TPSA) is 89.8 Å². The van der Waals surface area contributed by atoms with E-state index in [0.29, 0.717) is 28.5 Å². The molecule has 136 valence electrons. The number of hydrogen-bond acceptors (Lipinski definition) is 6. The number of amides is 1. The van der Waals surface area contributed by atoms with Crippen LogP contribution >= 0.6 is 11.8 Å². The number of nitrogens with one attached hydrogen (secondary N) is 1. The van der Waals surface area contributed by atoms with E-state index in [-0.39, 0.29) is 17.2 Å². The van der Waals surface area contributed by atoms with Gasteiger partial charge in [0.25, 0.3) is 11.5 Å². The number of rotatable bonds is 5. The zero-order valence-electron chi connectivity index (χ0n) is 14.3. The van der Waals surface area contributed by atoms with Crippen LogP contribution in [0.15, 0.2) is 73.4 Å². The lowest BCUT2D eigenvalue weighted by atomic mass is 10.3. The van der Waals surface area contributed by atoms with Crippen molar-refractivity contribution in [3.8, 4) is 0 Å². The predicted octanol–water partition coefficient (Wildman–Crippen LogP) is 3.73. The molecule has 27 heavy (non-hydrogen) atoms. The number of benzene rings is 1. The Kier molecular flexibility index (Phi) is 4.55. The summed E-state index contributed by atoms with van der Waals surface area (Å²) in [4.78, 5) is 29.4. The van der Waals surface area contributed by atoms with Crippen LogP contribution < -0.4 is 10.9 Å². The first-order valence-corrected chi connectivity index (χ1v) is 9.14. The zero-order chi connectivity index (χ0) is 18.8. The number of aromatic nitrogens is 2. The number of carbonyl (C=O) groups excluding carboxylic acids is 1. The third kappa shape index (κ3) is 3.80. The normalized spacial score (nSPS) is 11.0. The molecule has 3 aromatic heterocycles. The lowest BCUT2D eigenvalue weighted by Crippen LogP contribution is -2.12. The molecule has 0 saturated heterocycles. The van der Waals surface area contributed by atoms with Crippen LogP contribution in [0.3, 0.4) is 0 Å². The van der Waals surface area contributed by atoms with Gasteiger partial charge < -0.3 is 14.3 Å². The van der Waals surface area contributed by atoms with Crippen molar-refractivity contribution in [3.63, 3.8) is 0 Å². The minimum absolute atomic E-state index is 0.236. The Morgan fingerprint density at radius 1 is 1.22 bits per heavy atom. The van der Waals surface area contributed by atoms with Crippen molar-refractivity contribution in [2.45, 2.75) is 17.6 Å². The van der Waals surface area contributed by atoms with E-state index in [2.05, 4.69) is 10.3 Å². The third-order valence-electron chi connectivity index (χ3n) is 3.77. The van der Waals surface area contributed by atoms with E-state index in [1.807, 2.05) is 24.3 Å². The quantitative estimate of drug-likeness (QED) is 0.530. The van der Waals surface area contributed by atoms with Crippen molar-refractivity contribution in [2.24, 2.45) is 0 Å². The highest BCUT2D eigenvalue weighted by Crippen LogP contribution is 2.24. The van der Waals surface area contributed by atoms with Gasteiger partial charge in [0.2, 0.25) is 0 Å². The van der Waals surface area contributed by atoms with Gasteiger partial charge >= 0.3 is 0 Å². The van der Waals surface area contributed by atoms with E-state index in [0.717, 1.165) is 4.90 Å². The number of aryl methyl sites for hydroxylation is 1. The van der Waals surface area contributed by atoms with E-state index in [1.54, 1.807) is 36.9 Å². The van der Waals surface area contributed by atoms with E-state index in [1.165, 1.54) is 16.9 Å². The second-order valence-electron chi connectivity index (χ2n) is 5.83. The number of fused-ring (bicyclic) bond motifs is 1. The van der Waals surface area contributed by atoms with Gasteiger partial charge in [0, 0.05) is 28.5 Å². The maximum Gasteiger partial charge on any atom is 0.291 e. The summed E-state index contributed by atoms with van der Waals surface area (Å²) in [7, 11) is 0. The Labute approximate surface area is 158 Å². The highest BCUT2D eigenvalue weighted by atomic mass is 32.2. The molecule has 4 aromatic rings. The number of carbonyl (C=O) groups is 1. The molecule has 1 N–H and O–H groups in total. The predicted molar refractivity (Wildman–Crippen MR) is 101 cm³/mol. The van der Waals surface area contributed by atoms with Gasteiger partial charge in [-0.05, 0) is 43.3 Å². The summed E-state index contributed by atoms with van der Waals surface area (Å²) in [5, 5.41) is 2.77. The van der Waals surface area contributed by atoms with Crippen molar-refractivity contribution < 1.29 is 13.7 Å². The molecule has 0 aliphatic heterocycles. The molecule has 4 rings (SSSR count). The minimum Gasteiger partial charge on any atom is -0.459 e. The Balaban J connectivity index is 1.41. The van der Waals surface area contributed by atoms with Crippen molar-refractivity contribution in [2.75, 3.05) is 5.32 Å². The number of anilines is 1. The fourth-order valence-electron chi connectivity index (χ4n) is 2.54. The van der Waals surface area contributed by atoms with Crippen molar-refractivity contribution >= 4 is 29.0 Å². The molecule has 0 saturated carbocycles. The molecule has 0 atom stereocenters. The summed E-state index contributed by atoms with van der Waals surface area (Å²) in [5.41, 5.74) is 1.62. The molecule has 0 aliphatic carbocycles. The van der Waals surface area contributed by atoms with E-state index >= 15 is 0 Å². The number of thioether (sulfide) groups is 1. The molecule has 3 heterocycles. The maximum atomic E-state index is 12.0. The first-order valence-electron chi connectivity index (χ1n) is 8.16. The van der Waals surface area contributed by atoms with Gasteiger partial charge in [-0.15, -0.1) is 16.3 Å². The van der Waals surface area contributed by atoms with Crippen LogP contribution in [-0.4, -0.2) is 15.5 Å². The van der Waals surface area contributed by atoms with Gasteiger partial charge in [0.05, 0.1) is 12.0 Å². The molecule has 0 aliphatic rings. The molecular formula is C19H15N3O4S. The van der Waals surface area contributed by atoms with Crippen LogP contribution in [0.4, 0.5) is 5.69 Å². The van der Waals surface area contributed by atoms with E-state index < -0.39 is 0 Å². The van der Waals surface area contributed by atoms with Gasteiger partial charge in [-0.1, -0.05) is 0 Å². The van der Waals surface area contributed by atoms with Crippen molar-refractivity contribution in [1.29, 1.82) is 0 Å². The zero-order valence-corrected chi connectivity index (χ0v) is 15.2. The monoisotopic (exact) mass is 381 g/mol. The molecule has 8 heteroatoms. The van der Waals surface area contributed by atoms with E-state index in [9.17, 15) is 9.59 Å².